The SMILES string of the molecule is CCNc1ccc2c(c1)Oc1ccccc1C21Oc2ccccc2-c2[nH]c3ccccc3c21. The van der Waals surface area contributed by atoms with E-state index in [0.717, 1.165) is 68.3 Å². The number of H-pyrrole nitrogens is 1. The number of para-hydroxylation sites is 3. The minimum atomic E-state index is -0.835. The molecule has 0 amide bonds. The summed E-state index contributed by atoms with van der Waals surface area (Å²) in [5, 5.41) is 4.56. The van der Waals surface area contributed by atoms with Crippen LogP contribution < -0.4 is 14.8 Å². The Balaban J connectivity index is 1.64. The average Bonchev–Trinajstić information content (AvgIpc) is 3.25. The highest BCUT2D eigenvalue weighted by Gasteiger charge is 2.51. The van der Waals surface area contributed by atoms with Crippen LogP contribution >= 0.6 is 0 Å². The van der Waals surface area contributed by atoms with Gasteiger partial charge in [0.1, 0.15) is 17.2 Å². The standard InChI is InChI=1S/C29H22N2O2/c1-2-30-18-15-16-22-26(17-18)32-25-14-8-5-11-21(25)29(22)27-19-9-3-6-12-23(19)31-28(27)20-10-4-7-13-24(20)33-29/h3-17,30-31H,2H2,1H3. The van der Waals surface area contributed by atoms with Gasteiger partial charge in [0.15, 0.2) is 5.60 Å². The maximum absolute atomic E-state index is 7.09. The lowest BCUT2D eigenvalue weighted by molar-refractivity contribution is 0.139. The molecule has 3 heterocycles. The molecular weight excluding hydrogens is 408 g/mol. The van der Waals surface area contributed by atoms with Crippen molar-refractivity contribution >= 4 is 16.6 Å². The molecule has 2 N–H and O–H groups in total. The lowest BCUT2D eigenvalue weighted by Gasteiger charge is -2.43. The van der Waals surface area contributed by atoms with Crippen LogP contribution in [0, 0.1) is 0 Å². The van der Waals surface area contributed by atoms with Crippen molar-refractivity contribution in [3.63, 3.8) is 0 Å². The number of ether oxygens (including phenoxy) is 2. The summed E-state index contributed by atoms with van der Waals surface area (Å²) in [4.78, 5) is 3.70. The maximum atomic E-state index is 7.09. The largest absolute Gasteiger partial charge is 0.472 e. The first-order chi connectivity index (χ1) is 16.3. The van der Waals surface area contributed by atoms with E-state index < -0.39 is 5.60 Å². The summed E-state index contributed by atoms with van der Waals surface area (Å²) in [6.07, 6.45) is 0. The van der Waals surface area contributed by atoms with Crippen molar-refractivity contribution in [1.29, 1.82) is 0 Å². The van der Waals surface area contributed by atoms with Gasteiger partial charge in [-0.15, -0.1) is 0 Å². The van der Waals surface area contributed by atoms with Crippen molar-refractivity contribution in [2.45, 2.75) is 12.5 Å². The van der Waals surface area contributed by atoms with Gasteiger partial charge in [0.2, 0.25) is 0 Å². The third kappa shape index (κ3) is 2.40. The predicted molar refractivity (Wildman–Crippen MR) is 131 cm³/mol. The van der Waals surface area contributed by atoms with Crippen LogP contribution in [0.4, 0.5) is 5.69 Å². The van der Waals surface area contributed by atoms with Crippen molar-refractivity contribution in [3.05, 3.63) is 108 Å². The number of anilines is 1. The Bertz CT molecular complexity index is 1550. The fourth-order valence-corrected chi connectivity index (χ4v) is 5.39. The molecule has 4 aromatic carbocycles. The molecule has 2 aliphatic rings. The number of aromatic nitrogens is 1. The Morgan fingerprint density at radius 2 is 1.55 bits per heavy atom. The van der Waals surface area contributed by atoms with Crippen molar-refractivity contribution in [2.75, 3.05) is 11.9 Å². The molecule has 2 aliphatic heterocycles. The van der Waals surface area contributed by atoms with E-state index in [0.29, 0.717) is 0 Å². The molecular formula is C29H22N2O2. The molecule has 0 radical (unpaired) electrons. The smallest absolute Gasteiger partial charge is 0.194 e. The minimum Gasteiger partial charge on any atom is -0.472 e. The van der Waals surface area contributed by atoms with Gasteiger partial charge in [0.25, 0.3) is 0 Å². The lowest BCUT2D eigenvalue weighted by Crippen LogP contribution is -2.40. The van der Waals surface area contributed by atoms with Gasteiger partial charge < -0.3 is 19.8 Å². The van der Waals surface area contributed by atoms with Crippen LogP contribution in [-0.2, 0) is 5.60 Å². The van der Waals surface area contributed by atoms with E-state index >= 15 is 0 Å². The van der Waals surface area contributed by atoms with Gasteiger partial charge in [0.05, 0.1) is 5.69 Å². The molecule has 1 atom stereocenters. The molecule has 0 saturated heterocycles. The van der Waals surface area contributed by atoms with E-state index in [2.05, 4.69) is 90.0 Å². The van der Waals surface area contributed by atoms with Crippen LogP contribution in [0.2, 0.25) is 0 Å². The Labute approximate surface area is 191 Å². The van der Waals surface area contributed by atoms with E-state index in [1.807, 2.05) is 18.2 Å². The Hall–Kier alpha value is -4.18. The van der Waals surface area contributed by atoms with E-state index in [1.165, 1.54) is 0 Å². The normalized spacial score (nSPS) is 17.4. The minimum absolute atomic E-state index is 0.808. The first-order valence-corrected chi connectivity index (χ1v) is 11.3. The van der Waals surface area contributed by atoms with Gasteiger partial charge in [-0.3, -0.25) is 0 Å². The first kappa shape index (κ1) is 18.4. The molecule has 0 bridgehead atoms. The molecule has 4 heteroatoms. The number of hydrogen-bond donors (Lipinski definition) is 2. The molecule has 1 unspecified atom stereocenters. The average molecular weight is 431 g/mol. The third-order valence-electron chi connectivity index (χ3n) is 6.71. The van der Waals surface area contributed by atoms with Crippen molar-refractivity contribution in [3.8, 4) is 28.5 Å². The zero-order valence-corrected chi connectivity index (χ0v) is 18.2. The zero-order valence-electron chi connectivity index (χ0n) is 18.2. The summed E-state index contributed by atoms with van der Waals surface area (Å²) < 4.78 is 13.5. The number of nitrogens with one attached hydrogen (secondary N) is 2. The van der Waals surface area contributed by atoms with Gasteiger partial charge in [-0.2, -0.15) is 0 Å². The molecule has 160 valence electrons. The number of benzene rings is 4. The van der Waals surface area contributed by atoms with Crippen LogP contribution in [0.25, 0.3) is 22.2 Å². The third-order valence-corrected chi connectivity index (χ3v) is 6.71. The number of hydrogen-bond acceptors (Lipinski definition) is 3. The summed E-state index contributed by atoms with van der Waals surface area (Å²) in [5.41, 5.74) is 6.60. The van der Waals surface area contributed by atoms with Gasteiger partial charge in [-0.1, -0.05) is 48.5 Å². The van der Waals surface area contributed by atoms with Crippen LogP contribution in [0.5, 0.6) is 17.2 Å². The second-order valence-electron chi connectivity index (χ2n) is 8.54. The number of fused-ring (bicyclic) bond motifs is 10. The second-order valence-corrected chi connectivity index (χ2v) is 8.54. The van der Waals surface area contributed by atoms with Crippen LogP contribution in [0.1, 0.15) is 23.6 Å². The zero-order chi connectivity index (χ0) is 22.0. The van der Waals surface area contributed by atoms with Crippen molar-refractivity contribution < 1.29 is 9.47 Å². The van der Waals surface area contributed by atoms with Crippen LogP contribution in [-0.4, -0.2) is 11.5 Å². The molecule has 33 heavy (non-hydrogen) atoms. The Morgan fingerprint density at radius 1 is 0.788 bits per heavy atom. The Kier molecular flexibility index (Phi) is 3.71. The fraction of sp³-hybridized carbons (Fsp3) is 0.103. The van der Waals surface area contributed by atoms with E-state index in [9.17, 15) is 0 Å². The summed E-state index contributed by atoms with van der Waals surface area (Å²) >= 11 is 0. The number of aromatic amines is 1. The van der Waals surface area contributed by atoms with Gasteiger partial charge >= 0.3 is 0 Å². The highest BCUT2D eigenvalue weighted by atomic mass is 16.5. The summed E-state index contributed by atoms with van der Waals surface area (Å²) in [7, 11) is 0. The van der Waals surface area contributed by atoms with Crippen molar-refractivity contribution in [1.82, 2.24) is 4.98 Å². The second kappa shape index (κ2) is 6.66. The van der Waals surface area contributed by atoms with E-state index in [1.54, 1.807) is 0 Å². The lowest BCUT2D eigenvalue weighted by atomic mass is 9.74. The molecule has 7 rings (SSSR count). The van der Waals surface area contributed by atoms with E-state index in [-0.39, 0.29) is 0 Å². The van der Waals surface area contributed by atoms with Crippen LogP contribution in [0.15, 0.2) is 91.0 Å². The predicted octanol–water partition coefficient (Wildman–Crippen LogP) is 7.06. The molecule has 0 fully saturated rings. The molecule has 5 aromatic rings. The topological polar surface area (TPSA) is 46.3 Å². The fourth-order valence-electron chi connectivity index (χ4n) is 5.39. The molecule has 1 spiro atoms. The summed E-state index contributed by atoms with van der Waals surface area (Å²) in [6, 6.07) is 31.3. The quantitative estimate of drug-likeness (QED) is 0.315. The monoisotopic (exact) mass is 430 g/mol. The van der Waals surface area contributed by atoms with Crippen molar-refractivity contribution in [2.24, 2.45) is 0 Å². The van der Waals surface area contributed by atoms with Gasteiger partial charge in [-0.25, -0.2) is 0 Å². The molecule has 0 saturated carbocycles. The molecule has 4 nitrogen and oxygen atoms in total. The first-order valence-electron chi connectivity index (χ1n) is 11.3. The van der Waals surface area contributed by atoms with Gasteiger partial charge in [-0.05, 0) is 43.3 Å². The number of rotatable bonds is 2. The van der Waals surface area contributed by atoms with Crippen LogP contribution in [0.3, 0.4) is 0 Å². The summed E-state index contributed by atoms with van der Waals surface area (Å²) in [5.74, 6) is 2.48. The molecule has 0 aliphatic carbocycles. The van der Waals surface area contributed by atoms with E-state index in [4.69, 9.17) is 9.47 Å². The maximum Gasteiger partial charge on any atom is 0.194 e. The van der Waals surface area contributed by atoms with Gasteiger partial charge in [0, 0.05) is 51.5 Å². The Morgan fingerprint density at radius 3 is 2.45 bits per heavy atom. The summed E-state index contributed by atoms with van der Waals surface area (Å²) in [6.45, 7) is 2.94. The highest BCUT2D eigenvalue weighted by molar-refractivity contribution is 5.96. The highest BCUT2D eigenvalue weighted by Crippen LogP contribution is 2.59. The molecule has 1 aromatic heterocycles.